The molecule has 9 nitrogen and oxygen atoms in total. The minimum atomic E-state index is -0.545. The van der Waals surface area contributed by atoms with Crippen LogP contribution in [-0.2, 0) is 22.4 Å². The number of aliphatic imine (C=N–C) groups is 2. The summed E-state index contributed by atoms with van der Waals surface area (Å²) in [7, 11) is 3.20. The van der Waals surface area contributed by atoms with Crippen molar-refractivity contribution in [1.29, 1.82) is 0 Å². The van der Waals surface area contributed by atoms with Crippen molar-refractivity contribution in [1.82, 2.24) is 15.2 Å². The maximum atomic E-state index is 13.3. The number of rotatable bonds is 9. The first-order valence-electron chi connectivity index (χ1n) is 13.3. The third-order valence-corrected chi connectivity index (χ3v) is 8.17. The van der Waals surface area contributed by atoms with Crippen LogP contribution in [0.15, 0.2) is 82.9 Å². The topological polar surface area (TPSA) is 108 Å². The maximum Gasteiger partial charge on any atom is 0.271 e. The van der Waals surface area contributed by atoms with Crippen LogP contribution in [0.2, 0.25) is 0 Å². The summed E-state index contributed by atoms with van der Waals surface area (Å²) in [6, 6.07) is 20.8. The monoisotopic (exact) mass is 567 g/mol. The number of amidine groups is 2. The van der Waals surface area contributed by atoms with Gasteiger partial charge >= 0.3 is 0 Å². The molecule has 0 spiro atoms. The van der Waals surface area contributed by atoms with Gasteiger partial charge < -0.3 is 19.8 Å². The number of aromatic amines is 1. The number of benzene rings is 3. The molecule has 2 aliphatic rings. The van der Waals surface area contributed by atoms with Crippen molar-refractivity contribution in [2.75, 3.05) is 26.5 Å². The molecule has 1 unspecified atom stereocenters. The van der Waals surface area contributed by atoms with E-state index in [9.17, 15) is 9.59 Å². The standard InChI is InChI=1S/C31H29N5O4S/c1-39-26-12-11-19(15-27(26)40-2)13-14-32-28(37)18-41-31-34-24-10-6-4-8-22(24)29-35-30(38)25(36(29)31)16-20-17-33-23-9-5-3-7-21(20)23/h3-12,15,17,25,33H,13-14,16,18H2,1-2H3,(H,32,37). The number of hydrogen-bond donors (Lipinski definition) is 2. The Labute approximate surface area is 241 Å². The molecule has 0 radical (unpaired) electrons. The number of carbonyl (C=O) groups is 2. The molecule has 208 valence electrons. The second-order valence-electron chi connectivity index (χ2n) is 9.71. The van der Waals surface area contributed by atoms with E-state index in [4.69, 9.17) is 14.5 Å². The SMILES string of the molecule is COc1ccc(CCNC(=O)CSC2=Nc3ccccc3C3=NC(=O)C(Cc4c[nH]c5ccccc45)N23)cc1OC. The third kappa shape index (κ3) is 5.30. The number of fused-ring (bicyclic) bond motifs is 4. The van der Waals surface area contributed by atoms with Crippen LogP contribution in [0.3, 0.4) is 0 Å². The minimum Gasteiger partial charge on any atom is -0.493 e. The Morgan fingerprint density at radius 3 is 2.68 bits per heavy atom. The number of nitrogens with one attached hydrogen (secondary N) is 2. The Morgan fingerprint density at radius 2 is 1.83 bits per heavy atom. The van der Waals surface area contributed by atoms with Crippen LogP contribution in [0.4, 0.5) is 5.69 Å². The van der Waals surface area contributed by atoms with Crippen molar-refractivity contribution in [2.45, 2.75) is 18.9 Å². The molecule has 0 saturated carbocycles. The fourth-order valence-electron chi connectivity index (χ4n) is 5.17. The molecule has 10 heteroatoms. The summed E-state index contributed by atoms with van der Waals surface area (Å²) in [5.74, 6) is 1.73. The second-order valence-corrected chi connectivity index (χ2v) is 10.7. The molecule has 1 atom stereocenters. The fraction of sp³-hybridized carbons (Fsp3) is 0.226. The highest BCUT2D eigenvalue weighted by molar-refractivity contribution is 8.14. The van der Waals surface area contributed by atoms with Gasteiger partial charge in [-0.1, -0.05) is 48.2 Å². The highest BCUT2D eigenvalue weighted by Gasteiger charge is 2.42. The molecule has 41 heavy (non-hydrogen) atoms. The van der Waals surface area contributed by atoms with Gasteiger partial charge in [-0.2, -0.15) is 4.99 Å². The third-order valence-electron chi connectivity index (χ3n) is 7.21. The van der Waals surface area contributed by atoms with E-state index in [1.165, 1.54) is 11.8 Å². The predicted octanol–water partition coefficient (Wildman–Crippen LogP) is 4.48. The van der Waals surface area contributed by atoms with Crippen molar-refractivity contribution >= 4 is 51.2 Å². The minimum absolute atomic E-state index is 0.116. The number of thioether (sulfide) groups is 1. The van der Waals surface area contributed by atoms with Crippen LogP contribution in [0, 0.1) is 0 Å². The number of amides is 2. The van der Waals surface area contributed by atoms with Gasteiger partial charge in [0.25, 0.3) is 5.91 Å². The summed E-state index contributed by atoms with van der Waals surface area (Å²) in [6.45, 7) is 0.474. The summed E-state index contributed by atoms with van der Waals surface area (Å²) >= 11 is 1.31. The highest BCUT2D eigenvalue weighted by atomic mass is 32.2. The number of para-hydroxylation sites is 2. The van der Waals surface area contributed by atoms with Crippen LogP contribution in [0.25, 0.3) is 10.9 Å². The Balaban J connectivity index is 1.16. The summed E-state index contributed by atoms with van der Waals surface area (Å²) in [6.07, 6.45) is 3.06. The van der Waals surface area contributed by atoms with Gasteiger partial charge in [-0.3, -0.25) is 14.5 Å². The number of methoxy groups -OCH3 is 2. The molecular weight excluding hydrogens is 538 g/mol. The van der Waals surface area contributed by atoms with Crippen LogP contribution in [0.5, 0.6) is 11.5 Å². The Hall–Kier alpha value is -4.57. The summed E-state index contributed by atoms with van der Waals surface area (Å²) in [4.78, 5) is 40.6. The zero-order valence-electron chi connectivity index (χ0n) is 22.7. The molecular formula is C31H29N5O4S. The van der Waals surface area contributed by atoms with Crippen molar-refractivity contribution in [3.8, 4) is 11.5 Å². The van der Waals surface area contributed by atoms with Gasteiger partial charge in [-0.15, -0.1) is 0 Å². The van der Waals surface area contributed by atoms with Crippen molar-refractivity contribution in [3.05, 3.63) is 89.6 Å². The first-order valence-corrected chi connectivity index (χ1v) is 14.3. The van der Waals surface area contributed by atoms with Crippen LogP contribution < -0.4 is 14.8 Å². The first-order chi connectivity index (χ1) is 20.1. The normalized spacial score (nSPS) is 15.7. The maximum absolute atomic E-state index is 13.3. The average molecular weight is 568 g/mol. The number of aromatic nitrogens is 1. The number of nitrogens with zero attached hydrogens (tertiary/aromatic N) is 3. The molecule has 4 aromatic rings. The van der Waals surface area contributed by atoms with Gasteiger partial charge in [-0.05, 0) is 47.9 Å². The lowest BCUT2D eigenvalue weighted by molar-refractivity contribution is -0.119. The van der Waals surface area contributed by atoms with E-state index >= 15 is 0 Å². The van der Waals surface area contributed by atoms with Gasteiger partial charge in [0.05, 0.1) is 25.7 Å². The summed E-state index contributed by atoms with van der Waals surface area (Å²) in [5.41, 5.74) is 4.63. The second kappa shape index (κ2) is 11.5. The van der Waals surface area contributed by atoms with E-state index < -0.39 is 6.04 Å². The highest BCUT2D eigenvalue weighted by Crippen LogP contribution is 2.35. The van der Waals surface area contributed by atoms with Crippen molar-refractivity contribution < 1.29 is 19.1 Å². The molecule has 2 N–H and O–H groups in total. The zero-order chi connectivity index (χ0) is 28.3. The predicted molar refractivity (Wildman–Crippen MR) is 161 cm³/mol. The summed E-state index contributed by atoms with van der Waals surface area (Å²) < 4.78 is 10.7. The smallest absolute Gasteiger partial charge is 0.271 e. The molecule has 0 fully saturated rings. The molecule has 3 heterocycles. The van der Waals surface area contributed by atoms with Gasteiger partial charge in [0.15, 0.2) is 16.7 Å². The van der Waals surface area contributed by atoms with Crippen LogP contribution in [0.1, 0.15) is 16.7 Å². The number of carbonyl (C=O) groups excluding carboxylic acids is 2. The molecule has 0 bridgehead atoms. The quantitative estimate of drug-likeness (QED) is 0.309. The Bertz CT molecular complexity index is 1690. The van der Waals surface area contributed by atoms with E-state index in [0.29, 0.717) is 41.9 Å². The van der Waals surface area contributed by atoms with Gasteiger partial charge in [0.2, 0.25) is 5.91 Å². The molecule has 0 saturated heterocycles. The van der Waals surface area contributed by atoms with E-state index in [1.807, 2.05) is 77.8 Å². The van der Waals surface area contributed by atoms with E-state index in [1.54, 1.807) is 14.2 Å². The molecule has 1 aromatic heterocycles. The first kappa shape index (κ1) is 26.6. The van der Waals surface area contributed by atoms with Crippen molar-refractivity contribution in [2.24, 2.45) is 9.98 Å². The lowest BCUT2D eigenvalue weighted by Crippen LogP contribution is -2.45. The molecule has 2 amide bonds. The van der Waals surface area contributed by atoms with E-state index in [-0.39, 0.29) is 17.6 Å². The fourth-order valence-corrected chi connectivity index (χ4v) is 6.05. The Morgan fingerprint density at radius 1 is 1.02 bits per heavy atom. The average Bonchev–Trinajstić information content (AvgIpc) is 3.56. The molecule has 3 aromatic carbocycles. The summed E-state index contributed by atoms with van der Waals surface area (Å²) in [5, 5.41) is 4.65. The molecule has 2 aliphatic heterocycles. The number of H-pyrrole nitrogens is 1. The van der Waals surface area contributed by atoms with Gasteiger partial charge in [0, 0.05) is 35.6 Å². The lowest BCUT2D eigenvalue weighted by atomic mass is 10.0. The van der Waals surface area contributed by atoms with E-state index in [2.05, 4.69) is 15.3 Å². The van der Waals surface area contributed by atoms with Gasteiger partial charge in [-0.25, -0.2) is 4.99 Å². The lowest BCUT2D eigenvalue weighted by Gasteiger charge is -2.31. The van der Waals surface area contributed by atoms with Crippen LogP contribution in [-0.4, -0.2) is 65.3 Å². The Kier molecular flexibility index (Phi) is 7.47. The van der Waals surface area contributed by atoms with Crippen LogP contribution >= 0.6 is 11.8 Å². The largest absolute Gasteiger partial charge is 0.493 e. The van der Waals surface area contributed by atoms with Gasteiger partial charge in [0.1, 0.15) is 11.9 Å². The van der Waals surface area contributed by atoms with E-state index in [0.717, 1.165) is 33.3 Å². The molecule has 0 aliphatic carbocycles. The van der Waals surface area contributed by atoms with Crippen molar-refractivity contribution in [3.63, 3.8) is 0 Å². The number of hydrogen-bond acceptors (Lipinski definition) is 7. The molecule has 6 rings (SSSR count). The number of ether oxygens (including phenoxy) is 2. The zero-order valence-corrected chi connectivity index (χ0v) is 23.5.